The second kappa shape index (κ2) is 4.47. The molecule has 1 saturated carbocycles. The Morgan fingerprint density at radius 3 is 2.45 bits per heavy atom. The summed E-state index contributed by atoms with van der Waals surface area (Å²) in [7, 11) is 0. The molecule has 3 heterocycles. The summed E-state index contributed by atoms with van der Waals surface area (Å²) in [6.07, 6.45) is 4.95. The molecular weight excluding hydrogens is 272 g/mol. The number of amides is 1. The number of carbonyl (C=O) groups excluding carboxylic acids is 1. The summed E-state index contributed by atoms with van der Waals surface area (Å²) >= 11 is 5.88. The second-order valence-electron chi connectivity index (χ2n) is 6.39. The molecule has 5 rings (SSSR count). The molecule has 2 bridgehead atoms. The molecule has 0 unspecified atom stereocenters. The minimum absolute atomic E-state index is 0.0479. The molecule has 1 aromatic carbocycles. The van der Waals surface area contributed by atoms with Crippen LogP contribution in [0.1, 0.15) is 36.0 Å². The van der Waals surface area contributed by atoms with Gasteiger partial charge in [0, 0.05) is 16.1 Å². The van der Waals surface area contributed by atoms with E-state index < -0.39 is 0 Å². The Morgan fingerprint density at radius 2 is 1.85 bits per heavy atom. The first-order valence-corrected chi connectivity index (χ1v) is 7.88. The van der Waals surface area contributed by atoms with E-state index in [4.69, 9.17) is 11.6 Å². The molecule has 3 aliphatic heterocycles. The number of hydrogen-bond acceptors (Lipinski definition) is 2. The average molecular weight is 291 g/mol. The van der Waals surface area contributed by atoms with Crippen molar-refractivity contribution in [2.24, 2.45) is 5.92 Å². The lowest BCUT2D eigenvalue weighted by molar-refractivity contribution is -0.00144. The van der Waals surface area contributed by atoms with Gasteiger partial charge in [0.05, 0.1) is 6.04 Å². The smallest absolute Gasteiger partial charge is 0.251 e. The van der Waals surface area contributed by atoms with E-state index in [9.17, 15) is 4.79 Å². The van der Waals surface area contributed by atoms with E-state index in [1.54, 1.807) is 24.3 Å². The lowest BCUT2D eigenvalue weighted by atomic mass is 9.77. The molecule has 1 spiro atoms. The van der Waals surface area contributed by atoms with Gasteiger partial charge in [0.1, 0.15) is 0 Å². The van der Waals surface area contributed by atoms with Gasteiger partial charge in [-0.05, 0) is 69.0 Å². The number of carbonyl (C=O) groups is 1. The summed E-state index contributed by atoms with van der Waals surface area (Å²) in [4.78, 5) is 15.1. The minimum Gasteiger partial charge on any atom is -0.347 e. The maximum Gasteiger partial charge on any atom is 0.251 e. The highest BCUT2D eigenvalue weighted by atomic mass is 35.5. The van der Waals surface area contributed by atoms with Crippen LogP contribution in [0.3, 0.4) is 0 Å². The van der Waals surface area contributed by atoms with Crippen LogP contribution in [0.2, 0.25) is 5.02 Å². The molecule has 1 amide bonds. The van der Waals surface area contributed by atoms with Crippen LogP contribution in [-0.2, 0) is 0 Å². The van der Waals surface area contributed by atoms with Crippen LogP contribution >= 0.6 is 11.6 Å². The van der Waals surface area contributed by atoms with E-state index in [0.29, 0.717) is 28.1 Å². The van der Waals surface area contributed by atoms with Crippen molar-refractivity contribution in [1.82, 2.24) is 10.2 Å². The number of nitrogens with one attached hydrogen (secondary N) is 1. The number of nitrogens with zero attached hydrogens (tertiary/aromatic N) is 1. The Balaban J connectivity index is 1.54. The van der Waals surface area contributed by atoms with E-state index in [-0.39, 0.29) is 5.91 Å². The van der Waals surface area contributed by atoms with Crippen LogP contribution < -0.4 is 5.32 Å². The number of rotatable bonds is 2. The van der Waals surface area contributed by atoms with E-state index in [1.807, 2.05) is 0 Å². The third-order valence-corrected chi connectivity index (χ3v) is 5.63. The van der Waals surface area contributed by atoms with Gasteiger partial charge in [-0.1, -0.05) is 11.6 Å². The van der Waals surface area contributed by atoms with Gasteiger partial charge >= 0.3 is 0 Å². The summed E-state index contributed by atoms with van der Waals surface area (Å²) in [6, 6.07) is 7.50. The molecule has 3 saturated heterocycles. The molecule has 1 atom stereocenters. The van der Waals surface area contributed by atoms with Gasteiger partial charge in [0.2, 0.25) is 0 Å². The van der Waals surface area contributed by atoms with Gasteiger partial charge in [0.25, 0.3) is 5.91 Å². The number of benzene rings is 1. The number of hydrogen-bond donors (Lipinski definition) is 1. The summed E-state index contributed by atoms with van der Waals surface area (Å²) in [6.45, 7) is 2.44. The van der Waals surface area contributed by atoms with Crippen molar-refractivity contribution in [3.63, 3.8) is 0 Å². The zero-order valence-corrected chi connectivity index (χ0v) is 12.2. The van der Waals surface area contributed by atoms with Crippen molar-refractivity contribution in [3.05, 3.63) is 34.9 Å². The van der Waals surface area contributed by atoms with Gasteiger partial charge in [-0.3, -0.25) is 9.69 Å². The molecule has 1 aliphatic carbocycles. The van der Waals surface area contributed by atoms with E-state index >= 15 is 0 Å². The zero-order chi connectivity index (χ0) is 13.7. The predicted molar refractivity (Wildman–Crippen MR) is 79.0 cm³/mol. The summed E-state index contributed by atoms with van der Waals surface area (Å²) in [5.41, 5.74) is 1.00. The fourth-order valence-corrected chi connectivity index (χ4v) is 4.27. The van der Waals surface area contributed by atoms with Crippen LogP contribution in [-0.4, -0.2) is 35.5 Å². The average Bonchev–Trinajstić information content (AvgIpc) is 3.25. The van der Waals surface area contributed by atoms with Gasteiger partial charge in [-0.2, -0.15) is 0 Å². The summed E-state index contributed by atoms with van der Waals surface area (Å²) < 4.78 is 0. The predicted octanol–water partition coefficient (Wildman–Crippen LogP) is 2.70. The maximum absolute atomic E-state index is 12.4. The Bertz CT molecular complexity index is 530. The standard InChI is InChI=1S/C16H19ClN2O/c17-13-3-1-12(2-4-13)15(20)18-14-11-5-9-19(10-6-11)16(14)7-8-16/h1-4,11,14H,5-10H2,(H,18,20)/t14-/m0/s1. The Kier molecular flexibility index (Phi) is 2.83. The SMILES string of the molecule is O=C(N[C@H]1C2CCN(CC2)C12CC2)c1ccc(Cl)cc1. The molecule has 1 N–H and O–H groups in total. The molecule has 0 radical (unpaired) electrons. The van der Waals surface area contributed by atoms with Crippen LogP contribution in [0.5, 0.6) is 0 Å². The van der Waals surface area contributed by atoms with Crippen molar-refractivity contribution < 1.29 is 4.79 Å². The molecular formula is C16H19ClN2O. The molecule has 4 heteroatoms. The number of halogens is 1. The quantitative estimate of drug-likeness (QED) is 0.908. The Morgan fingerprint density at radius 1 is 1.20 bits per heavy atom. The topological polar surface area (TPSA) is 32.3 Å². The molecule has 4 aliphatic rings. The van der Waals surface area contributed by atoms with Gasteiger partial charge in [-0.15, -0.1) is 0 Å². The monoisotopic (exact) mass is 290 g/mol. The van der Waals surface area contributed by atoms with Crippen LogP contribution in [0.15, 0.2) is 24.3 Å². The second-order valence-corrected chi connectivity index (χ2v) is 6.82. The van der Waals surface area contributed by atoms with Crippen LogP contribution in [0, 0.1) is 5.92 Å². The Labute approximate surface area is 124 Å². The first-order valence-electron chi connectivity index (χ1n) is 7.50. The number of fused-ring (bicyclic) bond motifs is 2. The first-order chi connectivity index (χ1) is 9.69. The van der Waals surface area contributed by atoms with Crippen molar-refractivity contribution in [3.8, 4) is 0 Å². The van der Waals surface area contributed by atoms with Crippen molar-refractivity contribution in [1.29, 1.82) is 0 Å². The summed E-state index contributed by atoms with van der Waals surface area (Å²) in [5, 5.41) is 3.98. The van der Waals surface area contributed by atoms with E-state index in [2.05, 4.69) is 10.2 Å². The zero-order valence-electron chi connectivity index (χ0n) is 11.4. The van der Waals surface area contributed by atoms with Crippen molar-refractivity contribution in [2.75, 3.05) is 13.1 Å². The highest BCUT2D eigenvalue weighted by Gasteiger charge is 2.60. The Hall–Kier alpha value is -1.06. The summed E-state index contributed by atoms with van der Waals surface area (Å²) in [5.74, 6) is 0.713. The first kappa shape index (κ1) is 12.7. The van der Waals surface area contributed by atoms with Gasteiger partial charge in [-0.25, -0.2) is 0 Å². The van der Waals surface area contributed by atoms with Gasteiger partial charge < -0.3 is 5.32 Å². The van der Waals surface area contributed by atoms with Crippen LogP contribution in [0.25, 0.3) is 0 Å². The van der Waals surface area contributed by atoms with Crippen molar-refractivity contribution >= 4 is 17.5 Å². The van der Waals surface area contributed by atoms with Gasteiger partial charge in [0.15, 0.2) is 0 Å². The fourth-order valence-electron chi connectivity index (χ4n) is 4.15. The highest BCUT2D eigenvalue weighted by Crippen LogP contribution is 2.53. The molecule has 1 aromatic rings. The highest BCUT2D eigenvalue weighted by molar-refractivity contribution is 6.30. The molecule has 4 fully saturated rings. The van der Waals surface area contributed by atoms with E-state index in [0.717, 1.165) is 0 Å². The lowest BCUT2D eigenvalue weighted by Gasteiger charge is -2.52. The normalized spacial score (nSPS) is 33.1. The lowest BCUT2D eigenvalue weighted by Crippen LogP contribution is -2.65. The maximum atomic E-state index is 12.4. The van der Waals surface area contributed by atoms with E-state index in [1.165, 1.54) is 38.8 Å². The largest absolute Gasteiger partial charge is 0.347 e. The van der Waals surface area contributed by atoms with Crippen molar-refractivity contribution in [2.45, 2.75) is 37.3 Å². The van der Waals surface area contributed by atoms with Crippen LogP contribution in [0.4, 0.5) is 0 Å². The minimum atomic E-state index is 0.0479. The molecule has 3 nitrogen and oxygen atoms in total. The molecule has 106 valence electrons. The fraction of sp³-hybridized carbons (Fsp3) is 0.562. The number of piperidine rings is 3. The third kappa shape index (κ3) is 1.87. The third-order valence-electron chi connectivity index (χ3n) is 5.38. The molecule has 20 heavy (non-hydrogen) atoms. The molecule has 0 aromatic heterocycles.